The molecule has 0 heterocycles. The zero-order chi connectivity index (χ0) is 12.9. The maximum absolute atomic E-state index is 12.0. The number of carboxylic acids is 1. The number of hydrogen-bond acceptors (Lipinski definition) is 3. The quantitative estimate of drug-likeness (QED) is 0.703. The highest BCUT2D eigenvalue weighted by Gasteiger charge is 2.27. The van der Waals surface area contributed by atoms with E-state index in [-0.39, 0.29) is 12.6 Å². The van der Waals surface area contributed by atoms with E-state index in [2.05, 4.69) is 4.72 Å². The van der Waals surface area contributed by atoms with Crippen molar-refractivity contribution in [2.24, 2.45) is 0 Å². The number of aliphatic carboxylic acids is 1. The first-order valence-electron chi connectivity index (χ1n) is 5.95. The molecule has 0 aromatic carbocycles. The van der Waals surface area contributed by atoms with Gasteiger partial charge in [0.05, 0.1) is 0 Å². The molecule has 0 aliphatic heterocycles. The number of nitrogens with one attached hydrogen (secondary N) is 1. The Hall–Kier alpha value is -0.660. The molecule has 0 atom stereocenters. The summed E-state index contributed by atoms with van der Waals surface area (Å²) in [5.41, 5.74) is 0. The summed E-state index contributed by atoms with van der Waals surface area (Å²) < 4.78 is 27.5. The van der Waals surface area contributed by atoms with Gasteiger partial charge < -0.3 is 5.11 Å². The fourth-order valence-corrected chi connectivity index (χ4v) is 3.52. The first-order valence-corrected chi connectivity index (χ1v) is 7.39. The van der Waals surface area contributed by atoms with Gasteiger partial charge >= 0.3 is 5.97 Å². The van der Waals surface area contributed by atoms with E-state index in [1.54, 1.807) is 0 Å². The molecule has 0 spiro atoms. The Balaban J connectivity index is 2.65. The Morgan fingerprint density at radius 1 is 1.41 bits per heavy atom. The highest BCUT2D eigenvalue weighted by atomic mass is 32.2. The van der Waals surface area contributed by atoms with Crippen LogP contribution < -0.4 is 4.72 Å². The van der Waals surface area contributed by atoms with Crippen LogP contribution in [-0.4, -0.2) is 42.9 Å². The molecule has 6 nitrogen and oxygen atoms in total. The first kappa shape index (κ1) is 14.4. The molecular formula is C10H20N2O4S. The first-order chi connectivity index (χ1) is 7.95. The predicted molar refractivity (Wildman–Crippen MR) is 63.8 cm³/mol. The summed E-state index contributed by atoms with van der Waals surface area (Å²) in [6, 6.07) is -0.0341. The van der Waals surface area contributed by atoms with Crippen molar-refractivity contribution in [2.75, 3.05) is 13.1 Å². The predicted octanol–water partition coefficient (Wildman–Crippen LogP) is 0.560. The largest absolute Gasteiger partial charge is 0.480 e. The van der Waals surface area contributed by atoms with Gasteiger partial charge in [0, 0.05) is 12.6 Å². The van der Waals surface area contributed by atoms with Gasteiger partial charge in [-0.1, -0.05) is 19.8 Å². The van der Waals surface area contributed by atoms with Crippen molar-refractivity contribution < 1.29 is 18.3 Å². The van der Waals surface area contributed by atoms with E-state index in [1.807, 2.05) is 6.92 Å². The molecule has 17 heavy (non-hydrogen) atoms. The lowest BCUT2D eigenvalue weighted by atomic mass is 10.3. The van der Waals surface area contributed by atoms with Crippen molar-refractivity contribution in [2.45, 2.75) is 45.1 Å². The summed E-state index contributed by atoms with van der Waals surface area (Å²) >= 11 is 0. The monoisotopic (exact) mass is 264 g/mol. The van der Waals surface area contributed by atoms with Crippen LogP contribution in [-0.2, 0) is 15.0 Å². The van der Waals surface area contributed by atoms with E-state index in [0.29, 0.717) is 6.42 Å². The number of carbonyl (C=O) groups is 1. The Labute approximate surface area is 102 Å². The van der Waals surface area contributed by atoms with E-state index in [9.17, 15) is 13.2 Å². The third kappa shape index (κ3) is 4.61. The molecule has 100 valence electrons. The van der Waals surface area contributed by atoms with Gasteiger partial charge in [0.25, 0.3) is 10.2 Å². The molecule has 7 heteroatoms. The van der Waals surface area contributed by atoms with Crippen LogP contribution in [0.15, 0.2) is 0 Å². The van der Waals surface area contributed by atoms with E-state index in [1.165, 1.54) is 0 Å². The summed E-state index contributed by atoms with van der Waals surface area (Å²) in [6.45, 7) is 1.57. The van der Waals surface area contributed by atoms with Crippen LogP contribution in [0.1, 0.15) is 39.0 Å². The maximum Gasteiger partial charge on any atom is 0.318 e. The highest BCUT2D eigenvalue weighted by molar-refractivity contribution is 7.87. The molecule has 1 saturated carbocycles. The van der Waals surface area contributed by atoms with Crippen LogP contribution >= 0.6 is 0 Å². The minimum atomic E-state index is -3.66. The van der Waals surface area contributed by atoms with E-state index in [0.717, 1.165) is 30.0 Å². The molecule has 1 fully saturated rings. The van der Waals surface area contributed by atoms with Gasteiger partial charge in [-0.2, -0.15) is 17.4 Å². The fraction of sp³-hybridized carbons (Fsp3) is 0.900. The molecule has 0 unspecified atom stereocenters. The molecule has 0 bridgehead atoms. The number of carboxylic acid groups (broad SMARTS) is 1. The van der Waals surface area contributed by atoms with Crippen LogP contribution in [0.3, 0.4) is 0 Å². The second kappa shape index (κ2) is 6.32. The minimum Gasteiger partial charge on any atom is -0.480 e. The lowest BCUT2D eigenvalue weighted by molar-refractivity contribution is -0.137. The molecule has 1 rings (SSSR count). The van der Waals surface area contributed by atoms with Gasteiger partial charge in [0.2, 0.25) is 0 Å². The van der Waals surface area contributed by atoms with E-state index in [4.69, 9.17) is 5.11 Å². The molecule has 1 aliphatic carbocycles. The minimum absolute atomic E-state index is 0.0341. The van der Waals surface area contributed by atoms with Gasteiger partial charge in [-0.05, 0) is 19.3 Å². The van der Waals surface area contributed by atoms with Crippen LogP contribution in [0.4, 0.5) is 0 Å². The van der Waals surface area contributed by atoms with Crippen molar-refractivity contribution in [1.29, 1.82) is 0 Å². The number of nitrogens with zero attached hydrogens (tertiary/aromatic N) is 1. The van der Waals surface area contributed by atoms with Crippen LogP contribution in [0.25, 0.3) is 0 Å². The molecular weight excluding hydrogens is 244 g/mol. The third-order valence-corrected chi connectivity index (χ3v) is 4.42. The smallest absolute Gasteiger partial charge is 0.318 e. The van der Waals surface area contributed by atoms with E-state index < -0.39 is 22.7 Å². The lowest BCUT2D eigenvalue weighted by Gasteiger charge is -2.22. The molecule has 0 amide bonds. The van der Waals surface area contributed by atoms with Crippen molar-refractivity contribution >= 4 is 16.2 Å². The number of hydrogen-bond donors (Lipinski definition) is 2. The zero-order valence-electron chi connectivity index (χ0n) is 10.1. The SMILES string of the molecule is CCCN(CC(=O)O)S(=O)(=O)NC1CCCC1. The summed E-state index contributed by atoms with van der Waals surface area (Å²) in [7, 11) is -3.66. The molecule has 2 N–H and O–H groups in total. The Morgan fingerprint density at radius 2 is 2.00 bits per heavy atom. The van der Waals surface area contributed by atoms with Gasteiger partial charge in [0.15, 0.2) is 0 Å². The van der Waals surface area contributed by atoms with Crippen molar-refractivity contribution in [3.63, 3.8) is 0 Å². The second-order valence-electron chi connectivity index (χ2n) is 4.33. The summed E-state index contributed by atoms with van der Waals surface area (Å²) in [5.74, 6) is -1.13. The van der Waals surface area contributed by atoms with Gasteiger partial charge in [0.1, 0.15) is 6.54 Å². The van der Waals surface area contributed by atoms with Crippen molar-refractivity contribution in [3.05, 3.63) is 0 Å². The van der Waals surface area contributed by atoms with Gasteiger partial charge in [-0.25, -0.2) is 0 Å². The summed E-state index contributed by atoms with van der Waals surface area (Å²) in [5, 5.41) is 8.70. The molecule has 0 aromatic heterocycles. The van der Waals surface area contributed by atoms with Crippen molar-refractivity contribution in [3.8, 4) is 0 Å². The molecule has 1 aliphatic rings. The van der Waals surface area contributed by atoms with Gasteiger partial charge in [-0.3, -0.25) is 4.79 Å². The standard InChI is InChI=1S/C10H20N2O4S/c1-2-7-12(8-10(13)14)17(15,16)11-9-5-3-4-6-9/h9,11H,2-8H2,1H3,(H,13,14). The Bertz CT molecular complexity index is 349. The molecule has 0 aromatic rings. The van der Waals surface area contributed by atoms with Gasteiger partial charge in [-0.15, -0.1) is 0 Å². The average molecular weight is 264 g/mol. The summed E-state index contributed by atoms with van der Waals surface area (Å²) in [4.78, 5) is 10.6. The van der Waals surface area contributed by atoms with Crippen LogP contribution in [0.5, 0.6) is 0 Å². The summed E-state index contributed by atoms with van der Waals surface area (Å²) in [6.07, 6.45) is 4.33. The normalized spacial score (nSPS) is 17.8. The van der Waals surface area contributed by atoms with Crippen molar-refractivity contribution in [1.82, 2.24) is 9.03 Å². The third-order valence-electron chi connectivity index (χ3n) is 2.80. The van der Waals surface area contributed by atoms with Crippen LogP contribution in [0.2, 0.25) is 0 Å². The second-order valence-corrected chi connectivity index (χ2v) is 6.03. The van der Waals surface area contributed by atoms with Crippen LogP contribution in [0, 0.1) is 0 Å². The fourth-order valence-electron chi connectivity index (χ4n) is 2.01. The zero-order valence-corrected chi connectivity index (χ0v) is 10.9. The molecule has 0 radical (unpaired) electrons. The Kier molecular flexibility index (Phi) is 5.35. The molecule has 0 saturated heterocycles. The highest BCUT2D eigenvalue weighted by Crippen LogP contribution is 2.19. The maximum atomic E-state index is 12.0. The van der Waals surface area contributed by atoms with E-state index >= 15 is 0 Å². The number of rotatable bonds is 7. The lowest BCUT2D eigenvalue weighted by Crippen LogP contribution is -2.46. The average Bonchev–Trinajstić information content (AvgIpc) is 2.68. The Morgan fingerprint density at radius 3 is 2.47 bits per heavy atom. The topological polar surface area (TPSA) is 86.7 Å².